The summed E-state index contributed by atoms with van der Waals surface area (Å²) in [6.07, 6.45) is 2.48. The van der Waals surface area contributed by atoms with Gasteiger partial charge in [0.2, 0.25) is 5.91 Å². The lowest BCUT2D eigenvalue weighted by Gasteiger charge is -2.55. The standard InChI is InChI=1S/C20H27N3O4/c1-21-19(25)17-10-27-20(12-22(17)9-15-7-8-15)13-23(14-20)18(24)11-26-16-5-3-2-4-6-16/h2-6,15,17H,7-14H2,1H3,(H,21,25). The van der Waals surface area contributed by atoms with Crippen molar-refractivity contribution in [1.82, 2.24) is 15.1 Å². The Balaban J connectivity index is 1.30. The Labute approximate surface area is 159 Å². The Hall–Kier alpha value is -2.12. The zero-order chi connectivity index (χ0) is 18.9. The molecular weight excluding hydrogens is 346 g/mol. The number of ether oxygens (including phenoxy) is 2. The SMILES string of the molecule is CNC(=O)C1COC2(CN(C(=O)COc3ccccc3)C2)CN1CC1CC1. The van der Waals surface area contributed by atoms with Crippen molar-refractivity contribution in [2.45, 2.75) is 24.5 Å². The van der Waals surface area contributed by atoms with Crippen LogP contribution in [0.1, 0.15) is 12.8 Å². The number of likely N-dealkylation sites (N-methyl/N-ethyl adjacent to an activating group) is 1. The van der Waals surface area contributed by atoms with Crippen molar-refractivity contribution in [1.29, 1.82) is 0 Å². The van der Waals surface area contributed by atoms with E-state index in [0.29, 0.717) is 37.9 Å². The molecule has 1 aromatic carbocycles. The summed E-state index contributed by atoms with van der Waals surface area (Å²) in [6, 6.07) is 9.12. The molecule has 0 aromatic heterocycles. The number of rotatable bonds is 6. The largest absolute Gasteiger partial charge is 0.484 e. The number of carbonyl (C=O) groups excluding carboxylic acids is 2. The number of para-hydroxylation sites is 1. The molecule has 7 heteroatoms. The van der Waals surface area contributed by atoms with Gasteiger partial charge in [-0.05, 0) is 30.9 Å². The first-order valence-electron chi connectivity index (χ1n) is 9.64. The maximum Gasteiger partial charge on any atom is 0.260 e. The van der Waals surface area contributed by atoms with Crippen molar-refractivity contribution >= 4 is 11.8 Å². The van der Waals surface area contributed by atoms with E-state index in [2.05, 4.69) is 10.2 Å². The molecule has 2 saturated heterocycles. The maximum absolute atomic E-state index is 12.4. The van der Waals surface area contributed by atoms with Crippen molar-refractivity contribution in [2.75, 3.05) is 46.4 Å². The van der Waals surface area contributed by atoms with Crippen LogP contribution in [0.15, 0.2) is 30.3 Å². The first-order valence-corrected chi connectivity index (χ1v) is 9.64. The quantitative estimate of drug-likeness (QED) is 0.787. The molecular formula is C20H27N3O4. The van der Waals surface area contributed by atoms with E-state index < -0.39 is 0 Å². The fraction of sp³-hybridized carbons (Fsp3) is 0.600. The topological polar surface area (TPSA) is 71.1 Å². The van der Waals surface area contributed by atoms with Gasteiger partial charge >= 0.3 is 0 Å². The van der Waals surface area contributed by atoms with E-state index in [1.165, 1.54) is 12.8 Å². The Morgan fingerprint density at radius 1 is 1.22 bits per heavy atom. The average molecular weight is 373 g/mol. The van der Waals surface area contributed by atoms with E-state index in [0.717, 1.165) is 6.54 Å². The molecule has 1 N–H and O–H groups in total. The number of nitrogens with zero attached hydrogens (tertiary/aromatic N) is 2. The highest BCUT2D eigenvalue weighted by Crippen LogP contribution is 2.35. The van der Waals surface area contributed by atoms with Crippen LogP contribution >= 0.6 is 0 Å². The minimum atomic E-state index is -0.345. The van der Waals surface area contributed by atoms with Gasteiger partial charge in [-0.3, -0.25) is 14.5 Å². The minimum absolute atomic E-state index is 0.00835. The number of hydrogen-bond acceptors (Lipinski definition) is 5. The lowest BCUT2D eigenvalue weighted by Crippen LogP contribution is -2.74. The molecule has 0 radical (unpaired) electrons. The Morgan fingerprint density at radius 3 is 2.63 bits per heavy atom. The maximum atomic E-state index is 12.4. The summed E-state index contributed by atoms with van der Waals surface area (Å²) >= 11 is 0. The van der Waals surface area contributed by atoms with Crippen molar-refractivity contribution < 1.29 is 19.1 Å². The minimum Gasteiger partial charge on any atom is -0.484 e. The lowest BCUT2D eigenvalue weighted by molar-refractivity contribution is -0.205. The summed E-state index contributed by atoms with van der Waals surface area (Å²) in [5.41, 5.74) is -0.345. The van der Waals surface area contributed by atoms with Crippen LogP contribution in [-0.4, -0.2) is 79.7 Å². The summed E-state index contributed by atoms with van der Waals surface area (Å²) in [6.45, 7) is 3.18. The third-order valence-electron chi connectivity index (χ3n) is 5.63. The molecule has 3 fully saturated rings. The van der Waals surface area contributed by atoms with Gasteiger partial charge in [-0.25, -0.2) is 0 Å². The van der Waals surface area contributed by atoms with E-state index in [9.17, 15) is 9.59 Å². The lowest BCUT2D eigenvalue weighted by atomic mass is 9.90. The molecule has 2 aliphatic heterocycles. The van der Waals surface area contributed by atoms with Gasteiger partial charge in [-0.15, -0.1) is 0 Å². The van der Waals surface area contributed by atoms with Crippen LogP contribution in [0, 0.1) is 5.92 Å². The average Bonchev–Trinajstić information content (AvgIpc) is 3.48. The van der Waals surface area contributed by atoms with E-state index in [4.69, 9.17) is 9.47 Å². The first kappa shape index (κ1) is 18.3. The monoisotopic (exact) mass is 373 g/mol. The van der Waals surface area contributed by atoms with Crippen LogP contribution in [0.2, 0.25) is 0 Å². The molecule has 3 aliphatic rings. The third kappa shape index (κ3) is 4.09. The molecule has 1 atom stereocenters. The van der Waals surface area contributed by atoms with Crippen LogP contribution in [-0.2, 0) is 14.3 Å². The summed E-state index contributed by atoms with van der Waals surface area (Å²) in [4.78, 5) is 28.6. The molecule has 1 spiro atoms. The van der Waals surface area contributed by atoms with Crippen LogP contribution in [0.4, 0.5) is 0 Å². The Morgan fingerprint density at radius 2 is 1.96 bits per heavy atom. The van der Waals surface area contributed by atoms with Gasteiger partial charge < -0.3 is 19.7 Å². The molecule has 1 aliphatic carbocycles. The number of likely N-dealkylation sites (tertiary alicyclic amines) is 1. The Bertz CT molecular complexity index is 686. The van der Waals surface area contributed by atoms with E-state index in [1.807, 2.05) is 30.3 Å². The summed E-state index contributed by atoms with van der Waals surface area (Å²) in [5, 5.41) is 2.74. The summed E-state index contributed by atoms with van der Waals surface area (Å²) < 4.78 is 11.6. The van der Waals surface area contributed by atoms with E-state index in [1.54, 1.807) is 11.9 Å². The van der Waals surface area contributed by atoms with Crippen molar-refractivity contribution in [3.63, 3.8) is 0 Å². The normalized spacial score (nSPS) is 24.3. The second-order valence-electron chi connectivity index (χ2n) is 7.85. The molecule has 1 saturated carbocycles. The number of amides is 2. The van der Waals surface area contributed by atoms with Gasteiger partial charge in [-0.1, -0.05) is 18.2 Å². The third-order valence-corrected chi connectivity index (χ3v) is 5.63. The van der Waals surface area contributed by atoms with Crippen LogP contribution in [0.3, 0.4) is 0 Å². The van der Waals surface area contributed by atoms with Gasteiger partial charge in [0.05, 0.1) is 19.7 Å². The summed E-state index contributed by atoms with van der Waals surface area (Å²) in [5.74, 6) is 1.37. The predicted molar refractivity (Wildman–Crippen MR) is 99.4 cm³/mol. The molecule has 4 rings (SSSR count). The van der Waals surface area contributed by atoms with Gasteiger partial charge in [0.15, 0.2) is 6.61 Å². The molecule has 0 bridgehead atoms. The fourth-order valence-corrected chi connectivity index (χ4v) is 3.89. The predicted octanol–water partition coefficient (Wildman–Crippen LogP) is 0.503. The molecule has 2 amide bonds. The molecule has 1 aromatic rings. The Kier molecular flexibility index (Phi) is 5.06. The number of carbonyl (C=O) groups is 2. The fourth-order valence-electron chi connectivity index (χ4n) is 3.89. The van der Waals surface area contributed by atoms with Gasteiger partial charge in [0, 0.05) is 20.1 Å². The first-order chi connectivity index (χ1) is 13.1. The second kappa shape index (κ2) is 7.48. The summed E-state index contributed by atoms with van der Waals surface area (Å²) in [7, 11) is 1.67. The highest BCUT2D eigenvalue weighted by molar-refractivity contribution is 5.82. The number of morpholine rings is 1. The second-order valence-corrected chi connectivity index (χ2v) is 7.85. The molecule has 27 heavy (non-hydrogen) atoms. The number of benzene rings is 1. The zero-order valence-electron chi connectivity index (χ0n) is 15.7. The van der Waals surface area contributed by atoms with Crippen LogP contribution in [0.5, 0.6) is 5.75 Å². The van der Waals surface area contributed by atoms with Crippen LogP contribution in [0.25, 0.3) is 0 Å². The van der Waals surface area contributed by atoms with Crippen molar-refractivity contribution in [3.05, 3.63) is 30.3 Å². The van der Waals surface area contributed by atoms with Crippen LogP contribution < -0.4 is 10.1 Å². The van der Waals surface area contributed by atoms with E-state index >= 15 is 0 Å². The molecule has 146 valence electrons. The van der Waals surface area contributed by atoms with Gasteiger partial charge in [-0.2, -0.15) is 0 Å². The molecule has 7 nitrogen and oxygen atoms in total. The zero-order valence-corrected chi connectivity index (χ0v) is 15.7. The molecule has 2 heterocycles. The number of nitrogens with one attached hydrogen (secondary N) is 1. The highest BCUT2D eigenvalue weighted by atomic mass is 16.5. The van der Waals surface area contributed by atoms with Crippen molar-refractivity contribution in [3.8, 4) is 5.75 Å². The highest BCUT2D eigenvalue weighted by Gasteiger charge is 2.52. The molecule has 1 unspecified atom stereocenters. The number of hydrogen-bond donors (Lipinski definition) is 1. The van der Waals surface area contributed by atoms with Gasteiger partial charge in [0.25, 0.3) is 5.91 Å². The van der Waals surface area contributed by atoms with Gasteiger partial charge in [0.1, 0.15) is 17.4 Å². The van der Waals surface area contributed by atoms with E-state index in [-0.39, 0.29) is 30.1 Å². The van der Waals surface area contributed by atoms with Crippen molar-refractivity contribution in [2.24, 2.45) is 5.92 Å². The smallest absolute Gasteiger partial charge is 0.260 e.